The van der Waals surface area contributed by atoms with Crippen molar-refractivity contribution in [3.63, 3.8) is 0 Å². The van der Waals surface area contributed by atoms with Gasteiger partial charge in [0.15, 0.2) is 0 Å². The summed E-state index contributed by atoms with van der Waals surface area (Å²) in [7, 11) is 1.51. The highest BCUT2D eigenvalue weighted by molar-refractivity contribution is 5.83. The summed E-state index contributed by atoms with van der Waals surface area (Å²) in [6.07, 6.45) is 0.0357. The Morgan fingerprint density at radius 3 is 2.52 bits per heavy atom. The number of pyridine rings is 1. The van der Waals surface area contributed by atoms with Gasteiger partial charge in [-0.3, -0.25) is 4.90 Å². The first-order chi connectivity index (χ1) is 14.6. The van der Waals surface area contributed by atoms with Gasteiger partial charge in [0.25, 0.3) is 0 Å². The van der Waals surface area contributed by atoms with E-state index in [4.69, 9.17) is 9.47 Å². The van der Waals surface area contributed by atoms with Gasteiger partial charge < -0.3 is 19.9 Å². The van der Waals surface area contributed by atoms with E-state index >= 15 is 0 Å². The van der Waals surface area contributed by atoms with Gasteiger partial charge >= 0.3 is 6.09 Å². The molecule has 3 rings (SSSR count). The van der Waals surface area contributed by atoms with Crippen molar-refractivity contribution >= 4 is 17.0 Å². The molecule has 1 fully saturated rings. The summed E-state index contributed by atoms with van der Waals surface area (Å²) in [6, 6.07) is 6.62. The Morgan fingerprint density at radius 2 is 1.90 bits per heavy atom. The Morgan fingerprint density at radius 1 is 1.26 bits per heavy atom. The third-order valence-corrected chi connectivity index (χ3v) is 5.56. The number of methoxy groups -OCH3 is 1. The van der Waals surface area contributed by atoms with E-state index in [-0.39, 0.29) is 6.04 Å². The van der Waals surface area contributed by atoms with Crippen LogP contribution < -0.4 is 10.1 Å². The highest BCUT2D eigenvalue weighted by atomic mass is 19.1. The van der Waals surface area contributed by atoms with Gasteiger partial charge in [0.2, 0.25) is 5.88 Å². The number of piperidine rings is 1. The normalized spacial score (nSPS) is 17.9. The maximum Gasteiger partial charge on any atom is 0.407 e. The van der Waals surface area contributed by atoms with E-state index in [0.29, 0.717) is 42.9 Å². The van der Waals surface area contributed by atoms with Crippen molar-refractivity contribution in [2.45, 2.75) is 64.3 Å². The van der Waals surface area contributed by atoms with Crippen LogP contribution in [0.2, 0.25) is 0 Å². The monoisotopic (exact) mass is 433 g/mol. The lowest BCUT2D eigenvalue weighted by molar-refractivity contribution is -0.0287. The number of rotatable bonds is 5. The number of ether oxygens (including phenoxy) is 2. The van der Waals surface area contributed by atoms with Crippen LogP contribution in [0.5, 0.6) is 5.88 Å². The lowest BCUT2D eigenvalue weighted by Gasteiger charge is -2.38. The van der Waals surface area contributed by atoms with Crippen molar-refractivity contribution in [3.8, 4) is 5.88 Å². The molecule has 1 saturated heterocycles. The van der Waals surface area contributed by atoms with Crippen molar-refractivity contribution < 1.29 is 23.8 Å². The molecule has 1 amide bonds. The van der Waals surface area contributed by atoms with Gasteiger partial charge in [-0.1, -0.05) is 6.92 Å². The van der Waals surface area contributed by atoms with Crippen molar-refractivity contribution in [2.24, 2.45) is 0 Å². The summed E-state index contributed by atoms with van der Waals surface area (Å²) in [5.74, 6) is -0.505. The average molecular weight is 434 g/mol. The number of amides is 1. The van der Waals surface area contributed by atoms with Crippen molar-refractivity contribution in [3.05, 3.63) is 35.6 Å². The smallest absolute Gasteiger partial charge is 0.407 e. The number of benzene rings is 1. The first-order valence-corrected chi connectivity index (χ1v) is 10.6. The zero-order chi connectivity index (χ0) is 22.8. The van der Waals surface area contributed by atoms with Crippen LogP contribution in [0.25, 0.3) is 10.9 Å². The van der Waals surface area contributed by atoms with Crippen LogP contribution in [0.3, 0.4) is 0 Å². The largest absolute Gasteiger partial charge is 0.481 e. The molecule has 1 aliphatic rings. The molecule has 0 radical (unpaired) electrons. The Hall–Kier alpha value is -2.45. The number of nitrogens with one attached hydrogen (secondary N) is 1. The molecule has 2 heterocycles. The van der Waals surface area contributed by atoms with Crippen LogP contribution in [0.4, 0.5) is 9.18 Å². The second-order valence-electron chi connectivity index (χ2n) is 9.05. The molecule has 0 saturated carbocycles. The first-order valence-electron chi connectivity index (χ1n) is 10.6. The first kappa shape index (κ1) is 23.2. The number of fused-ring (bicyclic) bond motifs is 1. The predicted molar refractivity (Wildman–Crippen MR) is 117 cm³/mol. The number of carbonyl (C=O) groups excluding carboxylic acids is 1. The highest BCUT2D eigenvalue weighted by Crippen LogP contribution is 2.32. The van der Waals surface area contributed by atoms with E-state index in [1.807, 2.05) is 31.7 Å². The van der Waals surface area contributed by atoms with E-state index in [2.05, 4.69) is 10.3 Å². The van der Waals surface area contributed by atoms with Crippen molar-refractivity contribution in [2.75, 3.05) is 20.2 Å². The molecule has 0 spiro atoms. The van der Waals surface area contributed by atoms with Gasteiger partial charge in [0, 0.05) is 42.1 Å². The summed E-state index contributed by atoms with van der Waals surface area (Å²) in [4.78, 5) is 18.3. The molecule has 7 nitrogen and oxygen atoms in total. The molecule has 2 atom stereocenters. The van der Waals surface area contributed by atoms with Gasteiger partial charge in [0.05, 0.1) is 12.6 Å². The molecule has 1 aromatic heterocycles. The number of nitrogens with zero attached hydrogens (tertiary/aromatic N) is 2. The van der Waals surface area contributed by atoms with E-state index < -0.39 is 29.7 Å². The molecule has 170 valence electrons. The zero-order valence-electron chi connectivity index (χ0n) is 18.8. The second kappa shape index (κ2) is 9.36. The maximum atomic E-state index is 14.8. The van der Waals surface area contributed by atoms with Crippen LogP contribution >= 0.6 is 0 Å². The van der Waals surface area contributed by atoms with E-state index in [1.165, 1.54) is 13.2 Å². The highest BCUT2D eigenvalue weighted by Gasteiger charge is 2.31. The Labute approximate surface area is 182 Å². The fourth-order valence-electron chi connectivity index (χ4n) is 3.96. The number of aliphatic hydroxyl groups is 1. The number of likely N-dealkylation sites (tertiary alicyclic amines) is 1. The van der Waals surface area contributed by atoms with Crippen LogP contribution in [0.15, 0.2) is 24.3 Å². The van der Waals surface area contributed by atoms with Gasteiger partial charge in [0.1, 0.15) is 17.6 Å². The molecule has 2 aromatic rings. The van der Waals surface area contributed by atoms with Crippen molar-refractivity contribution in [1.82, 2.24) is 15.2 Å². The van der Waals surface area contributed by atoms with Gasteiger partial charge in [-0.15, -0.1) is 0 Å². The second-order valence-corrected chi connectivity index (χ2v) is 9.05. The molecule has 8 heteroatoms. The van der Waals surface area contributed by atoms with E-state index in [9.17, 15) is 14.3 Å². The topological polar surface area (TPSA) is 83.9 Å². The molecular weight excluding hydrogens is 401 g/mol. The summed E-state index contributed by atoms with van der Waals surface area (Å²) < 4.78 is 25.3. The zero-order valence-corrected chi connectivity index (χ0v) is 18.8. The van der Waals surface area contributed by atoms with E-state index in [1.54, 1.807) is 19.1 Å². The van der Waals surface area contributed by atoms with Crippen LogP contribution in [0, 0.1) is 5.82 Å². The molecule has 0 bridgehead atoms. The number of hydrogen-bond donors (Lipinski definition) is 2. The SMILES string of the molecule is COc1ccc2ccc(F)c(C(C)C(O)N3CCC(NC(=O)OC(C)(C)C)CC3)c2n1. The Bertz CT molecular complexity index is 923. The van der Waals surface area contributed by atoms with Crippen LogP contribution in [-0.2, 0) is 4.74 Å². The number of hydrogen-bond acceptors (Lipinski definition) is 6. The molecule has 31 heavy (non-hydrogen) atoms. The van der Waals surface area contributed by atoms with Gasteiger partial charge in [-0.25, -0.2) is 14.2 Å². The maximum absolute atomic E-state index is 14.8. The molecule has 0 aliphatic carbocycles. The van der Waals surface area contributed by atoms with E-state index in [0.717, 1.165) is 5.39 Å². The fraction of sp³-hybridized carbons (Fsp3) is 0.565. The molecule has 1 aliphatic heterocycles. The van der Waals surface area contributed by atoms with Crippen LogP contribution in [0.1, 0.15) is 52.0 Å². The predicted octanol–water partition coefficient (Wildman–Crippen LogP) is 3.79. The van der Waals surface area contributed by atoms with Crippen molar-refractivity contribution in [1.29, 1.82) is 0 Å². The summed E-state index contributed by atoms with van der Waals surface area (Å²) in [6.45, 7) is 8.43. The Balaban J connectivity index is 1.68. The fourth-order valence-corrected chi connectivity index (χ4v) is 3.96. The third-order valence-electron chi connectivity index (χ3n) is 5.56. The minimum absolute atomic E-state index is 0.0196. The van der Waals surface area contributed by atoms with Gasteiger partial charge in [-0.05, 0) is 51.8 Å². The number of aromatic nitrogens is 1. The minimum atomic E-state index is -0.879. The lowest BCUT2D eigenvalue weighted by atomic mass is 9.93. The number of alkyl carbamates (subject to hydrolysis) is 1. The molecule has 2 unspecified atom stereocenters. The molecule has 1 aromatic carbocycles. The Kier molecular flexibility index (Phi) is 7.01. The summed E-state index contributed by atoms with van der Waals surface area (Å²) >= 11 is 0. The third kappa shape index (κ3) is 5.62. The lowest BCUT2D eigenvalue weighted by Crippen LogP contribution is -2.50. The average Bonchev–Trinajstić information content (AvgIpc) is 2.71. The summed E-state index contributed by atoms with van der Waals surface area (Å²) in [5.41, 5.74) is 0.320. The number of carbonyl (C=O) groups is 1. The number of aliphatic hydroxyl groups excluding tert-OH is 1. The molecular formula is C23H32FN3O4. The van der Waals surface area contributed by atoms with Gasteiger partial charge in [-0.2, -0.15) is 0 Å². The molecule has 2 N–H and O–H groups in total. The summed E-state index contributed by atoms with van der Waals surface area (Å²) in [5, 5.41) is 14.7. The number of halogens is 1. The van der Waals surface area contributed by atoms with Crippen LogP contribution in [-0.4, -0.2) is 59.2 Å². The quantitative estimate of drug-likeness (QED) is 0.746. The standard InChI is InChI=1S/C23H32FN3O4/c1-14(19-17(24)8-6-15-7-9-18(30-5)26-20(15)19)21(28)27-12-10-16(11-13-27)25-22(29)31-23(2,3)4/h6-9,14,16,21,28H,10-13H2,1-5H3,(H,25,29). The minimum Gasteiger partial charge on any atom is -0.481 e.